The van der Waals surface area contributed by atoms with Crippen LogP contribution in [0.2, 0.25) is 0 Å². The van der Waals surface area contributed by atoms with Crippen molar-refractivity contribution in [3.63, 3.8) is 0 Å². The van der Waals surface area contributed by atoms with Crippen molar-refractivity contribution in [2.24, 2.45) is 5.73 Å². The molecule has 6 heteroatoms. The highest BCUT2D eigenvalue weighted by atomic mass is 79.9. The van der Waals surface area contributed by atoms with Crippen molar-refractivity contribution >= 4 is 27.6 Å². The molecule has 5 nitrogen and oxygen atoms in total. The van der Waals surface area contributed by atoms with Crippen LogP contribution in [0, 0.1) is 0 Å². The number of carbonyl (C=O) groups excluding carboxylic acids is 1. The minimum Gasteiger partial charge on any atom is -0.492 e. The zero-order valence-corrected chi connectivity index (χ0v) is 13.1. The van der Waals surface area contributed by atoms with Gasteiger partial charge in [0.15, 0.2) is 0 Å². The average molecular weight is 342 g/mol. The Morgan fingerprint density at radius 2 is 2.20 bits per heavy atom. The zero-order chi connectivity index (χ0) is 14.5. The molecule has 1 aliphatic heterocycles. The second-order valence-electron chi connectivity index (χ2n) is 4.82. The number of likely N-dealkylation sites (tertiary alicyclic amines) is 1. The molecule has 0 saturated carbocycles. The number of hydrogen-bond donors (Lipinski definition) is 2. The number of hydrogen-bond acceptors (Lipinski definition) is 3. The highest BCUT2D eigenvalue weighted by Crippen LogP contribution is 2.30. The number of nitrogens with zero attached hydrogens (tertiary/aromatic N) is 1. The SMILES string of the molecule is CCOc1ccc(Br)cc1NC1CCN(C(N)=O)CC1. The Kier molecular flexibility index (Phi) is 5.11. The standard InChI is InChI=1S/C14H20BrN3O2/c1-2-20-13-4-3-10(15)9-12(13)17-11-5-7-18(8-6-11)14(16)19/h3-4,9,11,17H,2,5-8H2,1H3,(H2,16,19). The first-order valence-corrected chi connectivity index (χ1v) is 7.62. The van der Waals surface area contributed by atoms with Crippen molar-refractivity contribution in [1.82, 2.24) is 4.90 Å². The van der Waals surface area contributed by atoms with Crippen molar-refractivity contribution in [2.45, 2.75) is 25.8 Å². The number of primary amides is 1. The second kappa shape index (κ2) is 6.83. The van der Waals surface area contributed by atoms with Gasteiger partial charge in [0.1, 0.15) is 5.75 Å². The fourth-order valence-corrected chi connectivity index (χ4v) is 2.72. The number of halogens is 1. The van der Waals surface area contributed by atoms with E-state index >= 15 is 0 Å². The van der Waals surface area contributed by atoms with Gasteiger partial charge in [0, 0.05) is 23.6 Å². The first-order valence-electron chi connectivity index (χ1n) is 6.83. The van der Waals surface area contributed by atoms with Gasteiger partial charge in [0.25, 0.3) is 0 Å². The second-order valence-corrected chi connectivity index (χ2v) is 5.73. The molecular weight excluding hydrogens is 322 g/mol. The lowest BCUT2D eigenvalue weighted by Gasteiger charge is -2.32. The largest absolute Gasteiger partial charge is 0.492 e. The molecule has 20 heavy (non-hydrogen) atoms. The Balaban J connectivity index is 2.00. The Hall–Kier alpha value is -1.43. The van der Waals surface area contributed by atoms with Crippen LogP contribution in [0.4, 0.5) is 10.5 Å². The molecule has 0 aliphatic carbocycles. The molecule has 1 heterocycles. The first-order chi connectivity index (χ1) is 9.60. The van der Waals surface area contributed by atoms with E-state index in [2.05, 4.69) is 21.2 Å². The van der Waals surface area contributed by atoms with Crippen LogP contribution in [0.25, 0.3) is 0 Å². The Morgan fingerprint density at radius 1 is 1.50 bits per heavy atom. The van der Waals surface area contributed by atoms with Crippen LogP contribution in [0.3, 0.4) is 0 Å². The molecular formula is C14H20BrN3O2. The summed E-state index contributed by atoms with van der Waals surface area (Å²) in [7, 11) is 0. The van der Waals surface area contributed by atoms with E-state index in [1.807, 2.05) is 25.1 Å². The lowest BCUT2D eigenvalue weighted by molar-refractivity contribution is 0.193. The van der Waals surface area contributed by atoms with E-state index in [-0.39, 0.29) is 6.03 Å². The summed E-state index contributed by atoms with van der Waals surface area (Å²) in [5.74, 6) is 0.855. The monoisotopic (exact) mass is 341 g/mol. The van der Waals surface area contributed by atoms with Gasteiger partial charge in [-0.15, -0.1) is 0 Å². The third kappa shape index (κ3) is 3.79. The summed E-state index contributed by atoms with van der Waals surface area (Å²) in [6.07, 6.45) is 1.78. The summed E-state index contributed by atoms with van der Waals surface area (Å²) in [6.45, 7) is 4.00. The third-order valence-corrected chi connectivity index (χ3v) is 3.90. The Morgan fingerprint density at radius 3 is 2.80 bits per heavy atom. The van der Waals surface area contributed by atoms with Crippen molar-refractivity contribution in [3.8, 4) is 5.75 Å². The molecule has 0 unspecified atom stereocenters. The molecule has 110 valence electrons. The van der Waals surface area contributed by atoms with Crippen LogP contribution in [0.15, 0.2) is 22.7 Å². The predicted octanol–water partition coefficient (Wildman–Crippen LogP) is 2.80. The van der Waals surface area contributed by atoms with Crippen molar-refractivity contribution < 1.29 is 9.53 Å². The van der Waals surface area contributed by atoms with Gasteiger partial charge < -0.3 is 20.7 Å². The molecule has 1 aromatic carbocycles. The van der Waals surface area contributed by atoms with Crippen LogP contribution in [-0.2, 0) is 0 Å². The van der Waals surface area contributed by atoms with Crippen LogP contribution in [0.1, 0.15) is 19.8 Å². The van der Waals surface area contributed by atoms with Gasteiger partial charge in [-0.3, -0.25) is 0 Å². The van der Waals surface area contributed by atoms with Gasteiger partial charge in [-0.2, -0.15) is 0 Å². The van der Waals surface area contributed by atoms with Gasteiger partial charge in [-0.25, -0.2) is 4.79 Å². The number of nitrogens with one attached hydrogen (secondary N) is 1. The summed E-state index contributed by atoms with van der Waals surface area (Å²) in [5, 5.41) is 3.50. The molecule has 2 amide bonds. The lowest BCUT2D eigenvalue weighted by atomic mass is 10.0. The van der Waals surface area contributed by atoms with E-state index in [4.69, 9.17) is 10.5 Å². The number of rotatable bonds is 4. The minimum absolute atomic E-state index is 0.332. The Bertz CT molecular complexity index is 473. The maximum Gasteiger partial charge on any atom is 0.314 e. The van der Waals surface area contributed by atoms with E-state index < -0.39 is 0 Å². The maximum absolute atomic E-state index is 11.1. The fourth-order valence-electron chi connectivity index (χ4n) is 2.36. The lowest BCUT2D eigenvalue weighted by Crippen LogP contribution is -2.44. The number of amides is 2. The van der Waals surface area contributed by atoms with Crippen LogP contribution < -0.4 is 15.8 Å². The quantitative estimate of drug-likeness (QED) is 0.884. The molecule has 1 saturated heterocycles. The smallest absolute Gasteiger partial charge is 0.314 e. The van der Waals surface area contributed by atoms with Crippen LogP contribution in [0.5, 0.6) is 5.75 Å². The predicted molar refractivity (Wildman–Crippen MR) is 83.1 cm³/mol. The molecule has 0 radical (unpaired) electrons. The summed E-state index contributed by atoms with van der Waals surface area (Å²) in [4.78, 5) is 12.8. The minimum atomic E-state index is -0.332. The molecule has 0 spiro atoms. The average Bonchev–Trinajstić information content (AvgIpc) is 2.42. The fraction of sp³-hybridized carbons (Fsp3) is 0.500. The molecule has 0 atom stereocenters. The first kappa shape index (κ1) is 15.0. The zero-order valence-electron chi connectivity index (χ0n) is 11.6. The van der Waals surface area contributed by atoms with Gasteiger partial charge >= 0.3 is 6.03 Å². The van der Waals surface area contributed by atoms with Gasteiger partial charge in [0.2, 0.25) is 0 Å². The summed E-state index contributed by atoms with van der Waals surface area (Å²) in [5.41, 5.74) is 6.27. The third-order valence-electron chi connectivity index (χ3n) is 3.41. The van der Waals surface area contributed by atoms with E-state index in [0.717, 1.165) is 28.8 Å². The summed E-state index contributed by atoms with van der Waals surface area (Å²) in [6, 6.07) is 5.94. The van der Waals surface area contributed by atoms with Crippen molar-refractivity contribution in [1.29, 1.82) is 0 Å². The molecule has 1 aliphatic rings. The summed E-state index contributed by atoms with van der Waals surface area (Å²) < 4.78 is 6.64. The van der Waals surface area contributed by atoms with Gasteiger partial charge in [-0.1, -0.05) is 15.9 Å². The molecule has 1 fully saturated rings. The molecule has 3 N–H and O–H groups in total. The number of anilines is 1. The number of carbonyl (C=O) groups is 1. The van der Waals surface area contributed by atoms with Crippen LogP contribution in [-0.4, -0.2) is 36.7 Å². The highest BCUT2D eigenvalue weighted by molar-refractivity contribution is 9.10. The highest BCUT2D eigenvalue weighted by Gasteiger charge is 2.21. The van der Waals surface area contributed by atoms with E-state index in [9.17, 15) is 4.79 Å². The van der Waals surface area contributed by atoms with Crippen molar-refractivity contribution in [2.75, 3.05) is 25.0 Å². The van der Waals surface area contributed by atoms with E-state index in [1.54, 1.807) is 4.90 Å². The van der Waals surface area contributed by atoms with Gasteiger partial charge in [-0.05, 0) is 38.0 Å². The normalized spacial score (nSPS) is 16.0. The number of piperidine rings is 1. The summed E-state index contributed by atoms with van der Waals surface area (Å²) >= 11 is 3.48. The van der Waals surface area contributed by atoms with E-state index in [0.29, 0.717) is 25.7 Å². The molecule has 0 aromatic heterocycles. The maximum atomic E-state index is 11.1. The number of benzene rings is 1. The number of ether oxygens (including phenoxy) is 1. The molecule has 2 rings (SSSR count). The van der Waals surface area contributed by atoms with Gasteiger partial charge in [0.05, 0.1) is 12.3 Å². The van der Waals surface area contributed by atoms with Crippen LogP contribution >= 0.6 is 15.9 Å². The molecule has 0 bridgehead atoms. The van der Waals surface area contributed by atoms with Crippen molar-refractivity contribution in [3.05, 3.63) is 22.7 Å². The number of nitrogens with two attached hydrogens (primary N) is 1. The Labute approximate surface area is 127 Å². The topological polar surface area (TPSA) is 67.6 Å². The molecule has 1 aromatic rings. The van der Waals surface area contributed by atoms with E-state index in [1.165, 1.54) is 0 Å². The number of urea groups is 1.